The molecule has 0 saturated carbocycles. The van der Waals surface area contributed by atoms with E-state index in [1.165, 1.54) is 12.1 Å². The van der Waals surface area contributed by atoms with Crippen molar-refractivity contribution in [2.75, 3.05) is 6.54 Å². The van der Waals surface area contributed by atoms with E-state index >= 15 is 0 Å². The number of carbonyl (C=O) groups is 1. The number of rotatable bonds is 2. The molecule has 4 nitrogen and oxygen atoms in total. The van der Waals surface area contributed by atoms with Crippen LogP contribution in [0.4, 0.5) is 4.39 Å². The summed E-state index contributed by atoms with van der Waals surface area (Å²) in [7, 11) is 0. The molecule has 5 heteroatoms. The summed E-state index contributed by atoms with van der Waals surface area (Å²) in [4.78, 5) is 18.1. The van der Waals surface area contributed by atoms with Crippen molar-refractivity contribution in [3.8, 4) is 0 Å². The van der Waals surface area contributed by atoms with Crippen LogP contribution < -0.4 is 0 Å². The summed E-state index contributed by atoms with van der Waals surface area (Å²) in [6.07, 6.45) is 3.02. The van der Waals surface area contributed by atoms with E-state index in [1.54, 1.807) is 41.6 Å². The third kappa shape index (κ3) is 2.78. The Kier molecular flexibility index (Phi) is 3.66. The van der Waals surface area contributed by atoms with Gasteiger partial charge in [0.25, 0.3) is 5.91 Å². The van der Waals surface area contributed by atoms with Crippen LogP contribution in [-0.4, -0.2) is 33.5 Å². The third-order valence-corrected chi connectivity index (χ3v) is 3.72. The van der Waals surface area contributed by atoms with Crippen molar-refractivity contribution in [1.29, 1.82) is 0 Å². The van der Waals surface area contributed by atoms with Crippen LogP contribution in [0.15, 0.2) is 48.8 Å². The molecule has 2 aromatic rings. The molecule has 0 spiro atoms. The molecule has 1 amide bonds. The molecule has 1 N–H and O–H groups in total. The van der Waals surface area contributed by atoms with E-state index in [0.29, 0.717) is 12.0 Å². The van der Waals surface area contributed by atoms with E-state index in [1.807, 2.05) is 0 Å². The fourth-order valence-electron chi connectivity index (χ4n) is 2.70. The summed E-state index contributed by atoms with van der Waals surface area (Å²) in [5.74, 6) is -0.465. The molecule has 1 fully saturated rings. The van der Waals surface area contributed by atoms with Gasteiger partial charge in [-0.3, -0.25) is 9.78 Å². The van der Waals surface area contributed by atoms with Gasteiger partial charge in [0.2, 0.25) is 0 Å². The zero-order chi connectivity index (χ0) is 14.8. The molecule has 1 aliphatic rings. The van der Waals surface area contributed by atoms with Gasteiger partial charge in [-0.15, -0.1) is 0 Å². The number of nitrogens with zero attached hydrogens (tertiary/aromatic N) is 2. The lowest BCUT2D eigenvalue weighted by atomic mass is 10.0. The van der Waals surface area contributed by atoms with Gasteiger partial charge in [-0.1, -0.05) is 12.1 Å². The van der Waals surface area contributed by atoms with Gasteiger partial charge in [0.1, 0.15) is 5.82 Å². The van der Waals surface area contributed by atoms with Crippen LogP contribution in [0.5, 0.6) is 0 Å². The largest absolute Gasteiger partial charge is 0.391 e. The molecule has 2 atom stereocenters. The number of aromatic nitrogens is 1. The standard InChI is InChI=1S/C16H15FN2O2/c17-13-3-1-11(2-4-13)15-9-14(20)10-19(15)16(21)12-5-7-18-8-6-12/h1-8,14-15,20H,9-10H2/t14-,15+/m0/s1. The molecule has 1 aromatic heterocycles. The number of aliphatic hydroxyl groups excluding tert-OH is 1. The minimum atomic E-state index is -0.564. The monoisotopic (exact) mass is 286 g/mol. The van der Waals surface area contributed by atoms with E-state index in [4.69, 9.17) is 0 Å². The van der Waals surface area contributed by atoms with Crippen molar-refractivity contribution >= 4 is 5.91 Å². The average Bonchev–Trinajstić information content (AvgIpc) is 2.90. The number of β-amino-alcohol motifs (C(OH)–C–C–N with tert-alkyl or cyclic N) is 1. The van der Waals surface area contributed by atoms with E-state index in [9.17, 15) is 14.3 Å². The number of benzene rings is 1. The molecule has 1 saturated heterocycles. The predicted octanol–water partition coefficient (Wildman–Crippen LogP) is 2.17. The zero-order valence-corrected chi connectivity index (χ0v) is 11.3. The first-order chi connectivity index (χ1) is 10.1. The summed E-state index contributed by atoms with van der Waals surface area (Å²) in [6.45, 7) is 0.281. The second kappa shape index (κ2) is 5.61. The Morgan fingerprint density at radius 1 is 1.19 bits per heavy atom. The summed E-state index contributed by atoms with van der Waals surface area (Å²) < 4.78 is 13.0. The number of pyridine rings is 1. The highest BCUT2D eigenvalue weighted by Crippen LogP contribution is 2.33. The molecule has 0 bridgehead atoms. The van der Waals surface area contributed by atoms with Crippen LogP contribution in [0, 0.1) is 5.82 Å². The first-order valence-electron chi connectivity index (χ1n) is 6.79. The quantitative estimate of drug-likeness (QED) is 0.920. The molecule has 1 aromatic carbocycles. The van der Waals surface area contributed by atoms with Crippen LogP contribution in [-0.2, 0) is 0 Å². The predicted molar refractivity (Wildman–Crippen MR) is 75.0 cm³/mol. The van der Waals surface area contributed by atoms with Crippen LogP contribution >= 0.6 is 0 Å². The van der Waals surface area contributed by atoms with Gasteiger partial charge in [0.15, 0.2) is 0 Å². The number of aliphatic hydroxyl groups is 1. The lowest BCUT2D eigenvalue weighted by Crippen LogP contribution is -2.31. The van der Waals surface area contributed by atoms with E-state index in [2.05, 4.69) is 4.98 Å². The molecule has 108 valence electrons. The zero-order valence-electron chi connectivity index (χ0n) is 11.3. The number of hydrogen-bond donors (Lipinski definition) is 1. The van der Waals surface area contributed by atoms with Gasteiger partial charge in [0.05, 0.1) is 12.1 Å². The minimum Gasteiger partial charge on any atom is -0.391 e. The van der Waals surface area contributed by atoms with Gasteiger partial charge in [0, 0.05) is 24.5 Å². The lowest BCUT2D eigenvalue weighted by Gasteiger charge is -2.24. The normalized spacial score (nSPS) is 21.5. The van der Waals surface area contributed by atoms with E-state index in [-0.39, 0.29) is 24.3 Å². The van der Waals surface area contributed by atoms with Crippen molar-refractivity contribution in [3.05, 3.63) is 65.7 Å². The molecular formula is C16H15FN2O2. The van der Waals surface area contributed by atoms with Gasteiger partial charge >= 0.3 is 0 Å². The Labute approximate surface area is 121 Å². The van der Waals surface area contributed by atoms with E-state index in [0.717, 1.165) is 5.56 Å². The molecule has 21 heavy (non-hydrogen) atoms. The fourth-order valence-corrected chi connectivity index (χ4v) is 2.70. The number of hydrogen-bond acceptors (Lipinski definition) is 3. The third-order valence-electron chi connectivity index (χ3n) is 3.72. The van der Waals surface area contributed by atoms with E-state index < -0.39 is 6.10 Å². The minimum absolute atomic E-state index is 0.150. The van der Waals surface area contributed by atoms with Crippen LogP contribution in [0.3, 0.4) is 0 Å². The van der Waals surface area contributed by atoms with Crippen LogP contribution in [0.25, 0.3) is 0 Å². The maximum atomic E-state index is 13.0. The molecule has 1 aliphatic heterocycles. The van der Waals surface area contributed by atoms with Crippen LogP contribution in [0.2, 0.25) is 0 Å². The van der Waals surface area contributed by atoms with Crippen LogP contribution in [0.1, 0.15) is 28.4 Å². The van der Waals surface area contributed by atoms with Gasteiger partial charge in [-0.2, -0.15) is 0 Å². The van der Waals surface area contributed by atoms with Crippen molar-refractivity contribution in [2.45, 2.75) is 18.6 Å². The molecule has 3 rings (SSSR count). The number of likely N-dealkylation sites (tertiary alicyclic amines) is 1. The molecule has 2 heterocycles. The Bertz CT molecular complexity index is 630. The highest BCUT2D eigenvalue weighted by Gasteiger charge is 2.35. The summed E-state index contributed by atoms with van der Waals surface area (Å²) in [6, 6.07) is 9.12. The smallest absolute Gasteiger partial charge is 0.254 e. The highest BCUT2D eigenvalue weighted by molar-refractivity contribution is 5.94. The van der Waals surface area contributed by atoms with Crippen molar-refractivity contribution in [2.24, 2.45) is 0 Å². The maximum absolute atomic E-state index is 13.0. The maximum Gasteiger partial charge on any atom is 0.254 e. The Balaban J connectivity index is 1.89. The first-order valence-corrected chi connectivity index (χ1v) is 6.79. The first kappa shape index (κ1) is 13.7. The molecule has 0 radical (unpaired) electrons. The van der Waals surface area contributed by atoms with Gasteiger partial charge < -0.3 is 10.0 Å². The summed E-state index contributed by atoms with van der Waals surface area (Å²) in [5, 5.41) is 9.90. The topological polar surface area (TPSA) is 53.4 Å². The fraction of sp³-hybridized carbons (Fsp3) is 0.250. The number of halogens is 1. The van der Waals surface area contributed by atoms with Crippen molar-refractivity contribution in [1.82, 2.24) is 9.88 Å². The molecule has 0 unspecified atom stereocenters. The number of amides is 1. The Hall–Kier alpha value is -2.27. The highest BCUT2D eigenvalue weighted by atomic mass is 19.1. The van der Waals surface area contributed by atoms with Gasteiger partial charge in [-0.05, 0) is 36.2 Å². The SMILES string of the molecule is O=C(c1ccncc1)N1C[C@@H](O)C[C@@H]1c1ccc(F)cc1. The lowest BCUT2D eigenvalue weighted by molar-refractivity contribution is 0.0715. The van der Waals surface area contributed by atoms with Crippen molar-refractivity contribution < 1.29 is 14.3 Å². The number of carbonyl (C=O) groups excluding carboxylic acids is 1. The van der Waals surface area contributed by atoms with Gasteiger partial charge in [-0.25, -0.2) is 4.39 Å². The Morgan fingerprint density at radius 3 is 2.52 bits per heavy atom. The second-order valence-electron chi connectivity index (χ2n) is 5.15. The second-order valence-corrected chi connectivity index (χ2v) is 5.15. The Morgan fingerprint density at radius 2 is 1.86 bits per heavy atom. The van der Waals surface area contributed by atoms with Crippen molar-refractivity contribution in [3.63, 3.8) is 0 Å². The molecule has 0 aliphatic carbocycles. The summed E-state index contributed by atoms with van der Waals surface area (Å²) >= 11 is 0. The summed E-state index contributed by atoms with van der Waals surface area (Å²) in [5.41, 5.74) is 1.36. The average molecular weight is 286 g/mol. The molecular weight excluding hydrogens is 271 g/mol.